The lowest BCUT2D eigenvalue weighted by molar-refractivity contribution is -0.162. The van der Waals surface area contributed by atoms with Gasteiger partial charge in [-0.3, -0.25) is 13.6 Å². The molecule has 2 aliphatic carbocycles. The quantitative estimate of drug-likeness (QED) is 0.404. The lowest BCUT2D eigenvalue weighted by atomic mass is 10.0. The van der Waals surface area contributed by atoms with Crippen molar-refractivity contribution in [2.24, 2.45) is 11.3 Å². The molecule has 3 fully saturated rings. The van der Waals surface area contributed by atoms with E-state index in [2.05, 4.69) is 15.0 Å². The van der Waals surface area contributed by atoms with E-state index in [9.17, 15) is 4.57 Å². The van der Waals surface area contributed by atoms with Crippen molar-refractivity contribution in [2.75, 3.05) is 12.3 Å². The first-order chi connectivity index (χ1) is 15.8. The Morgan fingerprint density at radius 3 is 2.56 bits per heavy atom. The fourth-order valence-electron chi connectivity index (χ4n) is 5.38. The monoisotopic (exact) mass is 515 g/mol. The molecule has 1 aliphatic heterocycles. The van der Waals surface area contributed by atoms with Gasteiger partial charge in [0.15, 0.2) is 17.3 Å². The number of nitrogen functional groups attached to an aromatic ring is 1. The van der Waals surface area contributed by atoms with Crippen LogP contribution in [-0.4, -0.2) is 56.3 Å². The maximum atomic E-state index is 13.3. The number of imidazole rings is 1. The summed E-state index contributed by atoms with van der Waals surface area (Å²) in [6, 6.07) is -0.151. The Labute approximate surface area is 203 Å². The number of nitrogens with zero attached hydrogens (tertiary/aromatic N) is 4. The van der Waals surface area contributed by atoms with Crippen molar-refractivity contribution in [2.45, 2.75) is 84.2 Å². The third kappa shape index (κ3) is 4.05. The van der Waals surface area contributed by atoms with Crippen LogP contribution in [-0.2, 0) is 27.6 Å². The van der Waals surface area contributed by atoms with Gasteiger partial charge in [-0.15, -0.1) is 0 Å². The summed E-state index contributed by atoms with van der Waals surface area (Å²) in [6.45, 7) is 11.1. The number of anilines is 1. The van der Waals surface area contributed by atoms with Gasteiger partial charge in [0.2, 0.25) is 5.28 Å². The minimum Gasteiger partial charge on any atom is -0.382 e. The van der Waals surface area contributed by atoms with Gasteiger partial charge >= 0.3 is 7.82 Å². The number of halogens is 1. The van der Waals surface area contributed by atoms with Crippen molar-refractivity contribution in [1.82, 2.24) is 19.5 Å². The molecular weight excluding hydrogens is 485 g/mol. The predicted octanol–water partition coefficient (Wildman–Crippen LogP) is 4.12. The van der Waals surface area contributed by atoms with E-state index < -0.39 is 19.0 Å². The van der Waals surface area contributed by atoms with Crippen molar-refractivity contribution in [3.63, 3.8) is 0 Å². The molecule has 2 N–H and O–H groups in total. The van der Waals surface area contributed by atoms with Gasteiger partial charge in [-0.25, -0.2) is 9.55 Å². The average molecular weight is 516 g/mol. The van der Waals surface area contributed by atoms with E-state index in [0.717, 1.165) is 6.42 Å². The molecule has 188 valence electrons. The van der Waals surface area contributed by atoms with E-state index in [1.807, 2.05) is 18.4 Å². The van der Waals surface area contributed by atoms with Crippen LogP contribution in [0.15, 0.2) is 6.33 Å². The predicted molar refractivity (Wildman–Crippen MR) is 124 cm³/mol. The number of fused-ring (bicyclic) bond motifs is 4. The second-order valence-electron chi connectivity index (χ2n) is 10.3. The molecule has 5 rings (SSSR count). The van der Waals surface area contributed by atoms with E-state index in [0.29, 0.717) is 11.2 Å². The van der Waals surface area contributed by atoms with Gasteiger partial charge < -0.3 is 19.8 Å². The maximum absolute atomic E-state index is 13.3. The second-order valence-corrected chi connectivity index (χ2v) is 12.2. The first-order valence-corrected chi connectivity index (χ1v) is 13.3. The molecule has 2 saturated carbocycles. The number of phosphoric ester groups is 1. The summed E-state index contributed by atoms with van der Waals surface area (Å²) >= 11 is 6.09. The first kappa shape index (κ1) is 24.4. The molecule has 2 aromatic rings. The van der Waals surface area contributed by atoms with Gasteiger partial charge in [-0.05, 0) is 65.5 Å². The third-order valence-electron chi connectivity index (χ3n) is 6.54. The Morgan fingerprint density at radius 2 is 1.91 bits per heavy atom. The highest BCUT2D eigenvalue weighted by atomic mass is 35.5. The van der Waals surface area contributed by atoms with E-state index in [1.165, 1.54) is 0 Å². The Kier molecular flexibility index (Phi) is 5.80. The van der Waals surface area contributed by atoms with Crippen molar-refractivity contribution >= 4 is 36.4 Å². The van der Waals surface area contributed by atoms with Crippen molar-refractivity contribution in [1.29, 1.82) is 0 Å². The first-order valence-electron chi connectivity index (χ1n) is 11.5. The summed E-state index contributed by atoms with van der Waals surface area (Å²) in [5.74, 6) is -0.462. The zero-order valence-electron chi connectivity index (χ0n) is 20.1. The molecule has 5 atom stereocenters. The number of nitrogens with two attached hydrogens (primary N) is 1. The third-order valence-corrected chi connectivity index (χ3v) is 8.51. The van der Waals surface area contributed by atoms with Gasteiger partial charge in [-0.1, -0.05) is 0 Å². The van der Waals surface area contributed by atoms with Gasteiger partial charge in [0.1, 0.15) is 11.6 Å². The smallest absolute Gasteiger partial charge is 0.382 e. The number of phosphoric acid groups is 1. The number of hydrogen-bond donors (Lipinski definition) is 1. The molecule has 0 unspecified atom stereocenters. The molecule has 0 spiro atoms. The van der Waals surface area contributed by atoms with Gasteiger partial charge in [0.05, 0.1) is 37.3 Å². The van der Waals surface area contributed by atoms with E-state index in [4.69, 9.17) is 40.4 Å². The average Bonchev–Trinajstić information content (AvgIpc) is 2.95. The van der Waals surface area contributed by atoms with Crippen LogP contribution in [0.3, 0.4) is 0 Å². The van der Waals surface area contributed by atoms with Crippen LogP contribution in [0.4, 0.5) is 5.82 Å². The highest BCUT2D eigenvalue weighted by molar-refractivity contribution is 7.48. The van der Waals surface area contributed by atoms with E-state index >= 15 is 0 Å². The van der Waals surface area contributed by atoms with Crippen LogP contribution in [0.1, 0.15) is 54.0 Å². The highest BCUT2D eigenvalue weighted by Gasteiger charge is 2.76. The molecule has 11 nitrogen and oxygen atoms in total. The molecule has 0 amide bonds. The van der Waals surface area contributed by atoms with Gasteiger partial charge in [0, 0.05) is 5.41 Å². The van der Waals surface area contributed by atoms with Crippen LogP contribution >= 0.6 is 19.4 Å². The molecule has 34 heavy (non-hydrogen) atoms. The lowest BCUT2D eigenvalue weighted by Gasteiger charge is -2.27. The van der Waals surface area contributed by atoms with Gasteiger partial charge in [-0.2, -0.15) is 9.97 Å². The van der Waals surface area contributed by atoms with Crippen LogP contribution in [0, 0.1) is 11.3 Å². The summed E-state index contributed by atoms with van der Waals surface area (Å²) in [4.78, 5) is 12.8. The van der Waals surface area contributed by atoms with Crippen LogP contribution in [0.25, 0.3) is 11.2 Å². The van der Waals surface area contributed by atoms with E-state index in [1.54, 1.807) is 34.0 Å². The molecule has 0 bridgehead atoms. The fraction of sp³-hybridized carbons (Fsp3) is 0.762. The number of ether oxygens (including phenoxy) is 2. The van der Waals surface area contributed by atoms with Gasteiger partial charge in [0.25, 0.3) is 0 Å². The number of rotatable bonds is 8. The highest BCUT2D eigenvalue weighted by Crippen LogP contribution is 2.72. The van der Waals surface area contributed by atoms with Crippen molar-refractivity contribution in [3.8, 4) is 0 Å². The Balaban J connectivity index is 1.47. The zero-order valence-corrected chi connectivity index (χ0v) is 21.7. The van der Waals surface area contributed by atoms with Crippen molar-refractivity contribution < 1.29 is 27.6 Å². The summed E-state index contributed by atoms with van der Waals surface area (Å²) in [6.07, 6.45) is 1.26. The molecule has 0 aromatic carbocycles. The Morgan fingerprint density at radius 1 is 1.24 bits per heavy atom. The largest absolute Gasteiger partial charge is 0.475 e. The Bertz CT molecular complexity index is 1140. The fourth-order valence-corrected chi connectivity index (χ4v) is 7.16. The van der Waals surface area contributed by atoms with Crippen LogP contribution in [0.5, 0.6) is 0 Å². The minimum atomic E-state index is -3.77. The van der Waals surface area contributed by atoms with E-state index in [-0.39, 0.29) is 54.1 Å². The summed E-state index contributed by atoms with van der Waals surface area (Å²) < 4.78 is 45.1. The standard InChI is InChI=1S/C21H31ClN5O6P/c1-10(2)32-34(28,33-11(3)4)29-8-21-7-12(21)14(15-16(21)31-20(5,6)30-15)27-9-24-13-17(23)25-19(22)26-18(13)27/h9-12,14-16H,7-8H2,1-6H3,(H2,23,25,26)/t12-,14-,15+,16+,21+/m1/s1. The molecular formula is C21H31ClN5O6P. The number of aromatic nitrogens is 4. The van der Waals surface area contributed by atoms with Crippen LogP contribution in [0.2, 0.25) is 5.28 Å². The molecule has 0 radical (unpaired) electrons. The normalized spacial score (nSPS) is 32.0. The maximum Gasteiger partial charge on any atom is 0.475 e. The molecule has 3 heterocycles. The van der Waals surface area contributed by atoms with Crippen molar-refractivity contribution in [3.05, 3.63) is 11.6 Å². The summed E-state index contributed by atoms with van der Waals surface area (Å²) in [7, 11) is -3.77. The molecule has 2 aromatic heterocycles. The second kappa shape index (κ2) is 8.09. The Hall–Kier alpha value is -1.33. The van der Waals surface area contributed by atoms with Crippen LogP contribution < -0.4 is 5.73 Å². The summed E-state index contributed by atoms with van der Waals surface area (Å²) in [5.41, 5.74) is 6.62. The zero-order chi connectivity index (χ0) is 24.6. The SMILES string of the molecule is CC(C)OP(=O)(OC[C@@]12C[C@@H]1[C@@H](n1cnc3c(N)nc(Cl)nc31)[C@@H]1OC(C)(C)O[C@@H]12)OC(C)C. The summed E-state index contributed by atoms with van der Waals surface area (Å²) in [5, 5.41) is 0.0493. The topological polar surface area (TPSA) is 133 Å². The number of hydrogen-bond acceptors (Lipinski definition) is 10. The minimum absolute atomic E-state index is 0.0493. The lowest BCUT2D eigenvalue weighted by Crippen LogP contribution is -2.33. The molecule has 13 heteroatoms. The molecule has 3 aliphatic rings. The molecule has 1 saturated heterocycles.